The number of fused-ring (bicyclic) bond motifs is 1. The molecule has 1 aliphatic heterocycles. The maximum absolute atomic E-state index is 12.5. The molecule has 1 atom stereocenters. The molecule has 2 heterocycles. The third-order valence-electron chi connectivity index (χ3n) is 7.15. The van der Waals surface area contributed by atoms with E-state index in [2.05, 4.69) is 52.3 Å². The molecule has 0 amide bonds. The number of likely N-dealkylation sites (tertiary alicyclic amines) is 1. The van der Waals surface area contributed by atoms with Gasteiger partial charge in [0.1, 0.15) is 11.9 Å². The van der Waals surface area contributed by atoms with E-state index in [1.54, 1.807) is 7.11 Å². The van der Waals surface area contributed by atoms with Crippen molar-refractivity contribution in [2.75, 3.05) is 39.2 Å². The number of ether oxygens (including phenoxy) is 2. The Kier molecular flexibility index (Phi) is 7.52. The zero-order valence-corrected chi connectivity index (χ0v) is 20.9. The predicted octanol–water partition coefficient (Wildman–Crippen LogP) is 5.78. The van der Waals surface area contributed by atoms with E-state index in [4.69, 9.17) is 15.2 Å². The first-order valence-corrected chi connectivity index (χ1v) is 12.8. The number of hydrogen-bond acceptors (Lipinski definition) is 5. The van der Waals surface area contributed by atoms with Gasteiger partial charge in [-0.15, -0.1) is 0 Å². The molecule has 3 aromatic rings. The molecule has 0 bridgehead atoms. The van der Waals surface area contributed by atoms with Gasteiger partial charge in [-0.3, -0.25) is 9.29 Å². The molecule has 0 saturated carbocycles. The number of benzene rings is 2. The van der Waals surface area contributed by atoms with Gasteiger partial charge in [0.25, 0.3) is 0 Å². The second kappa shape index (κ2) is 11.1. The van der Waals surface area contributed by atoms with Crippen LogP contribution >= 0.6 is 0 Å². The summed E-state index contributed by atoms with van der Waals surface area (Å²) in [5.74, 6) is 1.48. The summed E-state index contributed by atoms with van der Waals surface area (Å²) < 4.78 is 24.2. The largest absolute Gasteiger partial charge is 0.489 e. The van der Waals surface area contributed by atoms with Crippen molar-refractivity contribution in [1.29, 1.82) is 0 Å². The minimum Gasteiger partial charge on any atom is -0.489 e. The SMILES string of the molecule is COc1cc(C2=C(c3ccc(OC4CCN(CCCF)C4)cc3)c3ccc(N)cc3CCC2)ccn1. The Morgan fingerprint density at radius 1 is 1.06 bits per heavy atom. The highest BCUT2D eigenvalue weighted by Gasteiger charge is 2.24. The highest BCUT2D eigenvalue weighted by Crippen LogP contribution is 2.41. The number of nitrogens with zero attached hydrogens (tertiary/aromatic N) is 2. The van der Waals surface area contributed by atoms with E-state index in [9.17, 15) is 4.39 Å². The molecule has 0 radical (unpaired) electrons. The summed E-state index contributed by atoms with van der Waals surface area (Å²) in [6.45, 7) is 2.36. The van der Waals surface area contributed by atoms with Crippen LogP contribution in [0.4, 0.5) is 10.1 Å². The van der Waals surface area contributed by atoms with Gasteiger partial charge in [-0.25, -0.2) is 4.98 Å². The number of pyridine rings is 1. The number of halogens is 1. The van der Waals surface area contributed by atoms with E-state index in [-0.39, 0.29) is 12.8 Å². The average Bonchev–Trinajstić information content (AvgIpc) is 3.26. The van der Waals surface area contributed by atoms with E-state index in [0.717, 1.165) is 67.9 Å². The molecular formula is C30H34FN3O2. The summed E-state index contributed by atoms with van der Waals surface area (Å²) >= 11 is 0. The second-order valence-electron chi connectivity index (χ2n) is 9.61. The van der Waals surface area contributed by atoms with Crippen LogP contribution in [0.15, 0.2) is 60.8 Å². The Balaban J connectivity index is 1.47. The number of rotatable bonds is 8. The first-order chi connectivity index (χ1) is 17.6. The molecule has 5 rings (SSSR count). The summed E-state index contributed by atoms with van der Waals surface area (Å²) in [5, 5.41) is 0. The molecule has 1 fully saturated rings. The Bertz CT molecular complexity index is 1230. The summed E-state index contributed by atoms with van der Waals surface area (Å²) in [6.07, 6.45) is 6.50. The minimum absolute atomic E-state index is 0.149. The fourth-order valence-electron chi connectivity index (χ4n) is 5.41. The van der Waals surface area contributed by atoms with E-state index >= 15 is 0 Å². The zero-order chi connectivity index (χ0) is 24.9. The third kappa shape index (κ3) is 5.39. The van der Waals surface area contributed by atoms with E-state index in [0.29, 0.717) is 12.3 Å². The molecule has 36 heavy (non-hydrogen) atoms. The fraction of sp³-hybridized carbons (Fsp3) is 0.367. The number of nitrogen functional groups attached to an aromatic ring is 1. The van der Waals surface area contributed by atoms with Gasteiger partial charge in [0.2, 0.25) is 5.88 Å². The number of nitrogens with two attached hydrogens (primary N) is 1. The summed E-state index contributed by atoms with van der Waals surface area (Å²) in [5.41, 5.74) is 14.2. The van der Waals surface area contributed by atoms with Crippen LogP contribution in [0.5, 0.6) is 11.6 Å². The maximum Gasteiger partial charge on any atom is 0.213 e. The Hall–Kier alpha value is -3.38. The number of hydrogen-bond donors (Lipinski definition) is 1. The minimum atomic E-state index is -0.261. The van der Waals surface area contributed by atoms with E-state index < -0.39 is 0 Å². The zero-order valence-electron chi connectivity index (χ0n) is 20.9. The van der Waals surface area contributed by atoms with Crippen LogP contribution in [0.3, 0.4) is 0 Å². The van der Waals surface area contributed by atoms with E-state index in [1.165, 1.54) is 22.3 Å². The molecule has 2 aliphatic rings. The lowest BCUT2D eigenvalue weighted by molar-refractivity contribution is 0.198. The molecule has 0 spiro atoms. The lowest BCUT2D eigenvalue weighted by atomic mass is 9.88. The van der Waals surface area contributed by atoms with Gasteiger partial charge in [-0.2, -0.15) is 0 Å². The highest BCUT2D eigenvalue weighted by molar-refractivity contribution is 6.00. The van der Waals surface area contributed by atoms with Gasteiger partial charge in [0, 0.05) is 37.6 Å². The van der Waals surface area contributed by atoms with Gasteiger partial charge >= 0.3 is 0 Å². The molecule has 2 aromatic carbocycles. The molecule has 1 saturated heterocycles. The third-order valence-corrected chi connectivity index (χ3v) is 7.15. The van der Waals surface area contributed by atoms with Crippen LogP contribution in [0.2, 0.25) is 0 Å². The van der Waals surface area contributed by atoms with Crippen molar-refractivity contribution in [3.63, 3.8) is 0 Å². The Labute approximate surface area is 212 Å². The smallest absolute Gasteiger partial charge is 0.213 e. The van der Waals surface area contributed by atoms with Gasteiger partial charge in [0.15, 0.2) is 0 Å². The number of anilines is 1. The molecule has 1 aromatic heterocycles. The van der Waals surface area contributed by atoms with Gasteiger partial charge in [-0.1, -0.05) is 18.2 Å². The highest BCUT2D eigenvalue weighted by atomic mass is 19.1. The Morgan fingerprint density at radius 3 is 2.72 bits per heavy atom. The second-order valence-corrected chi connectivity index (χ2v) is 9.61. The van der Waals surface area contributed by atoms with Crippen molar-refractivity contribution in [1.82, 2.24) is 9.88 Å². The Morgan fingerprint density at radius 2 is 1.92 bits per heavy atom. The standard InChI is InChI=1S/C30H34FN3O2/c1-35-29-19-23(12-15-33-29)27-5-2-4-22-18-24(32)8-11-28(22)30(27)21-6-9-25(10-7-21)36-26-13-17-34(20-26)16-3-14-31/h6-12,15,18-19,26H,2-5,13-14,16-17,20,32H2,1H3. The van der Waals surface area contributed by atoms with Crippen molar-refractivity contribution in [2.45, 2.75) is 38.2 Å². The average molecular weight is 488 g/mol. The number of aryl methyl sites for hydroxylation is 1. The summed E-state index contributed by atoms with van der Waals surface area (Å²) in [7, 11) is 1.65. The molecule has 188 valence electrons. The molecular weight excluding hydrogens is 453 g/mol. The van der Waals surface area contributed by atoms with Crippen LogP contribution in [-0.2, 0) is 6.42 Å². The number of methoxy groups -OCH3 is 1. The van der Waals surface area contributed by atoms with Crippen molar-refractivity contribution in [3.05, 3.63) is 83.0 Å². The first-order valence-electron chi connectivity index (χ1n) is 12.8. The summed E-state index contributed by atoms with van der Waals surface area (Å²) in [4.78, 5) is 6.60. The van der Waals surface area contributed by atoms with Gasteiger partial charge < -0.3 is 15.2 Å². The molecule has 5 nitrogen and oxygen atoms in total. The molecule has 1 aliphatic carbocycles. The normalized spacial score (nSPS) is 18.1. The van der Waals surface area contributed by atoms with E-state index in [1.807, 2.05) is 18.3 Å². The number of aromatic nitrogens is 1. The first kappa shape index (κ1) is 24.3. The fourth-order valence-corrected chi connectivity index (χ4v) is 5.41. The lowest BCUT2D eigenvalue weighted by Gasteiger charge is -2.19. The van der Waals surface area contributed by atoms with Crippen LogP contribution in [0.1, 0.15) is 47.9 Å². The molecule has 2 N–H and O–H groups in total. The van der Waals surface area contributed by atoms with Crippen molar-refractivity contribution < 1.29 is 13.9 Å². The van der Waals surface area contributed by atoms with Crippen molar-refractivity contribution in [2.24, 2.45) is 0 Å². The monoisotopic (exact) mass is 487 g/mol. The number of alkyl halides is 1. The maximum atomic E-state index is 12.5. The van der Waals surface area contributed by atoms with Crippen LogP contribution in [0.25, 0.3) is 11.1 Å². The topological polar surface area (TPSA) is 60.6 Å². The van der Waals surface area contributed by atoms with Gasteiger partial charge in [-0.05, 0) is 95.8 Å². The van der Waals surface area contributed by atoms with Crippen molar-refractivity contribution >= 4 is 16.8 Å². The van der Waals surface area contributed by atoms with Crippen LogP contribution < -0.4 is 15.2 Å². The van der Waals surface area contributed by atoms with Gasteiger partial charge in [0.05, 0.1) is 13.8 Å². The predicted molar refractivity (Wildman–Crippen MR) is 143 cm³/mol. The molecule has 6 heteroatoms. The van der Waals surface area contributed by atoms with Crippen molar-refractivity contribution in [3.8, 4) is 11.6 Å². The quantitative estimate of drug-likeness (QED) is 0.408. The lowest BCUT2D eigenvalue weighted by Crippen LogP contribution is -2.26. The van der Waals surface area contributed by atoms with Crippen LogP contribution in [-0.4, -0.2) is 49.4 Å². The summed E-state index contributed by atoms with van der Waals surface area (Å²) in [6, 6.07) is 18.8. The number of allylic oxidation sites excluding steroid dienone is 1. The van der Waals surface area contributed by atoms with Crippen LogP contribution in [0, 0.1) is 0 Å². The molecule has 1 unspecified atom stereocenters.